The van der Waals surface area contributed by atoms with Crippen LogP contribution in [0.2, 0.25) is 0 Å². The Morgan fingerprint density at radius 2 is 2.10 bits per heavy atom. The lowest BCUT2D eigenvalue weighted by Crippen LogP contribution is -2.40. The van der Waals surface area contributed by atoms with Gasteiger partial charge in [-0.2, -0.15) is 0 Å². The van der Waals surface area contributed by atoms with Gasteiger partial charge in [-0.25, -0.2) is 0 Å². The van der Waals surface area contributed by atoms with Crippen LogP contribution >= 0.6 is 0 Å². The predicted octanol–water partition coefficient (Wildman–Crippen LogP) is 2.18. The number of rotatable bonds is 7. The first-order valence-corrected chi connectivity index (χ1v) is 6.69. The molecule has 7 heteroatoms. The van der Waals surface area contributed by atoms with Crippen molar-refractivity contribution in [1.29, 1.82) is 0 Å². The SMILES string of the molecule is CCOC(C)(C)CNC(=O)c1cc([N+](=O)[O-])ccc1NC. The Bertz CT molecular complexity index is 529. The minimum absolute atomic E-state index is 0.122. The van der Waals surface area contributed by atoms with E-state index >= 15 is 0 Å². The average Bonchev–Trinajstić information content (AvgIpc) is 2.44. The van der Waals surface area contributed by atoms with Gasteiger partial charge in [-0.3, -0.25) is 14.9 Å². The van der Waals surface area contributed by atoms with Crippen molar-refractivity contribution >= 4 is 17.3 Å². The van der Waals surface area contributed by atoms with E-state index in [9.17, 15) is 14.9 Å². The largest absolute Gasteiger partial charge is 0.387 e. The molecular weight excluding hydrogens is 274 g/mol. The number of nitro groups is 1. The number of nitrogens with one attached hydrogen (secondary N) is 2. The molecule has 0 bridgehead atoms. The molecule has 0 radical (unpaired) electrons. The van der Waals surface area contributed by atoms with Crippen LogP contribution in [0.4, 0.5) is 11.4 Å². The third kappa shape index (κ3) is 4.71. The molecule has 116 valence electrons. The number of hydrogen-bond acceptors (Lipinski definition) is 5. The second-order valence-electron chi connectivity index (χ2n) is 5.11. The van der Waals surface area contributed by atoms with Crippen molar-refractivity contribution in [2.45, 2.75) is 26.4 Å². The molecule has 1 aromatic carbocycles. The number of nitrogens with zero attached hydrogens (tertiary/aromatic N) is 1. The summed E-state index contributed by atoms with van der Waals surface area (Å²) in [6, 6.07) is 4.13. The Morgan fingerprint density at radius 3 is 2.62 bits per heavy atom. The highest BCUT2D eigenvalue weighted by atomic mass is 16.6. The first-order valence-electron chi connectivity index (χ1n) is 6.69. The van der Waals surface area contributed by atoms with E-state index in [0.717, 1.165) is 0 Å². The Labute approximate surface area is 123 Å². The maximum Gasteiger partial charge on any atom is 0.270 e. The maximum absolute atomic E-state index is 12.2. The van der Waals surface area contributed by atoms with Crippen molar-refractivity contribution in [2.75, 3.05) is 25.5 Å². The topological polar surface area (TPSA) is 93.5 Å². The summed E-state index contributed by atoms with van der Waals surface area (Å²) in [6.07, 6.45) is 0. The van der Waals surface area contributed by atoms with Crippen LogP contribution in [0.25, 0.3) is 0 Å². The standard InChI is InChI=1S/C14H21N3O4/c1-5-21-14(2,3)9-16-13(18)11-8-10(17(19)20)6-7-12(11)15-4/h6-8,15H,5,9H2,1-4H3,(H,16,18). The number of benzene rings is 1. The Kier molecular flexibility index (Phi) is 5.66. The smallest absolute Gasteiger partial charge is 0.270 e. The van der Waals surface area contributed by atoms with Crippen LogP contribution in [0.15, 0.2) is 18.2 Å². The monoisotopic (exact) mass is 295 g/mol. The molecule has 0 saturated carbocycles. The summed E-state index contributed by atoms with van der Waals surface area (Å²) in [7, 11) is 1.65. The van der Waals surface area contributed by atoms with Gasteiger partial charge in [0.15, 0.2) is 0 Å². The van der Waals surface area contributed by atoms with E-state index in [1.807, 2.05) is 20.8 Å². The van der Waals surface area contributed by atoms with Crippen LogP contribution in [0, 0.1) is 10.1 Å². The highest BCUT2D eigenvalue weighted by Gasteiger charge is 2.21. The molecule has 1 rings (SSSR count). The summed E-state index contributed by atoms with van der Waals surface area (Å²) in [5.41, 5.74) is 0.153. The molecule has 0 saturated heterocycles. The molecule has 0 fully saturated rings. The molecule has 2 N–H and O–H groups in total. The van der Waals surface area contributed by atoms with Crippen LogP contribution in [0.5, 0.6) is 0 Å². The minimum Gasteiger partial charge on any atom is -0.387 e. The minimum atomic E-state index is -0.527. The number of hydrogen-bond donors (Lipinski definition) is 2. The van der Waals surface area contributed by atoms with Crippen LogP contribution < -0.4 is 10.6 Å². The Hall–Kier alpha value is -2.15. The Balaban J connectivity index is 2.90. The van der Waals surface area contributed by atoms with E-state index in [1.54, 1.807) is 7.05 Å². The number of carbonyl (C=O) groups excluding carboxylic acids is 1. The summed E-state index contributed by atoms with van der Waals surface area (Å²) < 4.78 is 5.50. The highest BCUT2D eigenvalue weighted by Crippen LogP contribution is 2.22. The van der Waals surface area contributed by atoms with E-state index in [2.05, 4.69) is 10.6 Å². The van der Waals surface area contributed by atoms with Crippen molar-refractivity contribution in [3.63, 3.8) is 0 Å². The first kappa shape index (κ1) is 16.9. The summed E-state index contributed by atoms with van der Waals surface area (Å²) in [5, 5.41) is 16.4. The van der Waals surface area contributed by atoms with Crippen molar-refractivity contribution in [1.82, 2.24) is 5.32 Å². The van der Waals surface area contributed by atoms with Crippen molar-refractivity contribution in [3.8, 4) is 0 Å². The van der Waals surface area contributed by atoms with Gasteiger partial charge in [0.1, 0.15) is 0 Å². The molecule has 0 aliphatic carbocycles. The van der Waals surface area contributed by atoms with E-state index in [1.165, 1.54) is 18.2 Å². The number of anilines is 1. The number of ether oxygens (including phenoxy) is 1. The zero-order valence-electron chi connectivity index (χ0n) is 12.7. The Morgan fingerprint density at radius 1 is 1.43 bits per heavy atom. The van der Waals surface area contributed by atoms with Gasteiger partial charge < -0.3 is 15.4 Å². The molecule has 1 aromatic rings. The van der Waals surface area contributed by atoms with E-state index < -0.39 is 10.5 Å². The van der Waals surface area contributed by atoms with Crippen molar-refractivity contribution < 1.29 is 14.5 Å². The van der Waals surface area contributed by atoms with Gasteiger partial charge in [-0.1, -0.05) is 0 Å². The van der Waals surface area contributed by atoms with Gasteiger partial charge in [0.05, 0.1) is 16.1 Å². The van der Waals surface area contributed by atoms with Crippen LogP contribution in [0.3, 0.4) is 0 Å². The van der Waals surface area contributed by atoms with Gasteiger partial charge in [-0.15, -0.1) is 0 Å². The maximum atomic E-state index is 12.2. The first-order chi connectivity index (χ1) is 9.80. The predicted molar refractivity (Wildman–Crippen MR) is 80.7 cm³/mol. The van der Waals surface area contributed by atoms with Crippen LogP contribution in [-0.4, -0.2) is 36.6 Å². The van der Waals surface area contributed by atoms with E-state index in [0.29, 0.717) is 18.8 Å². The van der Waals surface area contributed by atoms with Crippen molar-refractivity contribution in [3.05, 3.63) is 33.9 Å². The molecule has 0 aliphatic rings. The quantitative estimate of drug-likeness (QED) is 0.594. The van der Waals surface area contributed by atoms with Crippen LogP contribution in [-0.2, 0) is 4.74 Å². The molecule has 7 nitrogen and oxygen atoms in total. The van der Waals surface area contributed by atoms with E-state index in [4.69, 9.17) is 4.74 Å². The third-order valence-electron chi connectivity index (χ3n) is 2.94. The van der Waals surface area contributed by atoms with Crippen LogP contribution in [0.1, 0.15) is 31.1 Å². The lowest BCUT2D eigenvalue weighted by molar-refractivity contribution is -0.384. The fourth-order valence-electron chi connectivity index (χ4n) is 1.88. The molecule has 0 atom stereocenters. The molecule has 1 amide bonds. The van der Waals surface area contributed by atoms with Gasteiger partial charge in [0.25, 0.3) is 11.6 Å². The fraction of sp³-hybridized carbons (Fsp3) is 0.500. The second-order valence-corrected chi connectivity index (χ2v) is 5.11. The molecule has 0 aliphatic heterocycles. The lowest BCUT2D eigenvalue weighted by Gasteiger charge is -2.25. The molecular formula is C14H21N3O4. The van der Waals surface area contributed by atoms with Gasteiger partial charge >= 0.3 is 0 Å². The average molecular weight is 295 g/mol. The summed E-state index contributed by atoms with van der Waals surface area (Å²) in [4.78, 5) is 22.5. The second kappa shape index (κ2) is 7.03. The lowest BCUT2D eigenvalue weighted by atomic mass is 10.1. The molecule has 21 heavy (non-hydrogen) atoms. The summed E-state index contributed by atoms with van der Waals surface area (Å²) >= 11 is 0. The molecule has 0 spiro atoms. The van der Waals surface area contributed by atoms with Gasteiger partial charge in [0.2, 0.25) is 0 Å². The number of amides is 1. The summed E-state index contributed by atoms with van der Waals surface area (Å²) in [5.74, 6) is -0.379. The van der Waals surface area contributed by atoms with Gasteiger partial charge in [-0.05, 0) is 26.8 Å². The zero-order chi connectivity index (χ0) is 16.0. The number of nitro benzene ring substituents is 1. The number of carbonyl (C=O) groups is 1. The van der Waals surface area contributed by atoms with Crippen molar-refractivity contribution in [2.24, 2.45) is 0 Å². The molecule has 0 heterocycles. The normalized spacial score (nSPS) is 11.0. The number of non-ortho nitro benzene ring substituents is 1. The third-order valence-corrected chi connectivity index (χ3v) is 2.94. The molecule has 0 unspecified atom stereocenters. The highest BCUT2D eigenvalue weighted by molar-refractivity contribution is 6.00. The molecule has 0 aromatic heterocycles. The zero-order valence-corrected chi connectivity index (χ0v) is 12.7. The van der Waals surface area contributed by atoms with E-state index in [-0.39, 0.29) is 17.2 Å². The fourth-order valence-corrected chi connectivity index (χ4v) is 1.88. The summed E-state index contributed by atoms with van der Waals surface area (Å²) in [6.45, 7) is 6.46. The van der Waals surface area contributed by atoms with Gasteiger partial charge in [0, 0.05) is 38.0 Å².